The molecule has 0 amide bonds. The van der Waals surface area contributed by atoms with Crippen LogP contribution in [0.1, 0.15) is 13.3 Å². The first-order valence-corrected chi connectivity index (χ1v) is 6.54. The van der Waals surface area contributed by atoms with E-state index in [1.807, 2.05) is 12.1 Å². The fourth-order valence-electron chi connectivity index (χ4n) is 2.35. The molecule has 4 heteroatoms. The monoisotopic (exact) mass is 252 g/mol. The molecule has 100 valence electrons. The van der Waals surface area contributed by atoms with E-state index in [4.69, 9.17) is 10.5 Å². The number of anilines is 1. The molecule has 1 aromatic rings. The van der Waals surface area contributed by atoms with Crippen molar-refractivity contribution in [2.45, 2.75) is 19.4 Å². The molecule has 2 atom stereocenters. The average molecular weight is 252 g/mol. The van der Waals surface area contributed by atoms with E-state index in [0.29, 0.717) is 5.92 Å². The molecule has 2 unspecified atom stereocenters. The van der Waals surface area contributed by atoms with Gasteiger partial charge in [0.25, 0.3) is 0 Å². The second kappa shape index (κ2) is 6.16. The number of nitrogens with zero attached hydrogens (tertiary/aromatic N) is 1. The number of hydrogen-bond donors (Lipinski definition) is 1. The third-order valence-corrected chi connectivity index (χ3v) is 3.56. The van der Waals surface area contributed by atoms with Crippen LogP contribution in [0.4, 0.5) is 10.1 Å². The van der Waals surface area contributed by atoms with Gasteiger partial charge in [0.2, 0.25) is 0 Å². The molecular weight excluding hydrogens is 231 g/mol. The first kappa shape index (κ1) is 13.3. The lowest BCUT2D eigenvalue weighted by Gasteiger charge is -2.34. The van der Waals surface area contributed by atoms with E-state index in [9.17, 15) is 4.39 Å². The molecule has 1 fully saturated rings. The Balaban J connectivity index is 2.02. The Kier molecular flexibility index (Phi) is 4.55. The summed E-state index contributed by atoms with van der Waals surface area (Å²) in [5.74, 6) is 0.149. The van der Waals surface area contributed by atoms with Crippen LogP contribution in [-0.4, -0.2) is 32.3 Å². The zero-order valence-electron chi connectivity index (χ0n) is 10.8. The van der Waals surface area contributed by atoms with Gasteiger partial charge in [0.1, 0.15) is 5.82 Å². The highest BCUT2D eigenvalue weighted by Crippen LogP contribution is 2.20. The van der Waals surface area contributed by atoms with Gasteiger partial charge >= 0.3 is 0 Å². The van der Waals surface area contributed by atoms with Crippen molar-refractivity contribution in [1.82, 2.24) is 0 Å². The molecule has 1 saturated heterocycles. The zero-order chi connectivity index (χ0) is 13.0. The van der Waals surface area contributed by atoms with Gasteiger partial charge in [0.15, 0.2) is 0 Å². The number of hydrogen-bond acceptors (Lipinski definition) is 3. The molecule has 2 N–H and O–H groups in total. The SMILES string of the molecule is CCN(CC1COCCC1N)c1ccc(F)cc1. The van der Waals surface area contributed by atoms with Gasteiger partial charge < -0.3 is 15.4 Å². The Hall–Kier alpha value is -1.13. The largest absolute Gasteiger partial charge is 0.381 e. The van der Waals surface area contributed by atoms with Crippen LogP contribution in [0, 0.1) is 11.7 Å². The molecule has 2 rings (SSSR count). The predicted molar refractivity (Wildman–Crippen MR) is 71.2 cm³/mol. The Labute approximate surface area is 108 Å². The molecule has 1 heterocycles. The van der Waals surface area contributed by atoms with Crippen molar-refractivity contribution in [1.29, 1.82) is 0 Å². The summed E-state index contributed by atoms with van der Waals surface area (Å²) in [5, 5.41) is 0. The lowest BCUT2D eigenvalue weighted by Crippen LogP contribution is -2.45. The molecule has 0 radical (unpaired) electrons. The molecule has 1 aliphatic heterocycles. The van der Waals surface area contributed by atoms with Gasteiger partial charge in [-0.3, -0.25) is 0 Å². The molecule has 3 nitrogen and oxygen atoms in total. The maximum absolute atomic E-state index is 12.9. The smallest absolute Gasteiger partial charge is 0.123 e. The van der Waals surface area contributed by atoms with Crippen molar-refractivity contribution in [3.8, 4) is 0 Å². The van der Waals surface area contributed by atoms with Gasteiger partial charge in [-0.15, -0.1) is 0 Å². The Morgan fingerprint density at radius 3 is 2.72 bits per heavy atom. The van der Waals surface area contributed by atoms with Crippen LogP contribution in [0.25, 0.3) is 0 Å². The highest BCUT2D eigenvalue weighted by atomic mass is 19.1. The summed E-state index contributed by atoms with van der Waals surface area (Å²) in [6.45, 7) is 5.33. The van der Waals surface area contributed by atoms with E-state index in [1.165, 1.54) is 12.1 Å². The minimum Gasteiger partial charge on any atom is -0.381 e. The number of rotatable bonds is 4. The summed E-state index contributed by atoms with van der Waals surface area (Å²) in [5.41, 5.74) is 7.16. The van der Waals surface area contributed by atoms with Gasteiger partial charge in [0, 0.05) is 37.3 Å². The fourth-order valence-corrected chi connectivity index (χ4v) is 2.35. The quantitative estimate of drug-likeness (QED) is 0.891. The van der Waals surface area contributed by atoms with Crippen molar-refractivity contribution in [2.75, 3.05) is 31.2 Å². The summed E-state index contributed by atoms with van der Waals surface area (Å²) in [7, 11) is 0. The van der Waals surface area contributed by atoms with Crippen molar-refractivity contribution in [3.63, 3.8) is 0 Å². The molecule has 1 aromatic carbocycles. The minimum absolute atomic E-state index is 0.201. The van der Waals surface area contributed by atoms with Crippen LogP contribution in [0.2, 0.25) is 0 Å². The van der Waals surface area contributed by atoms with E-state index in [1.54, 1.807) is 0 Å². The third-order valence-electron chi connectivity index (χ3n) is 3.56. The second-order valence-corrected chi connectivity index (χ2v) is 4.80. The first-order valence-electron chi connectivity index (χ1n) is 6.54. The molecule has 18 heavy (non-hydrogen) atoms. The summed E-state index contributed by atoms with van der Waals surface area (Å²) < 4.78 is 18.4. The van der Waals surface area contributed by atoms with Gasteiger partial charge in [0.05, 0.1) is 6.61 Å². The summed E-state index contributed by atoms with van der Waals surface area (Å²) >= 11 is 0. The standard InChI is InChI=1S/C14H21FN2O/c1-2-17(13-5-3-12(15)4-6-13)9-11-10-18-8-7-14(11)16/h3-6,11,14H,2,7-10,16H2,1H3. The van der Waals surface area contributed by atoms with E-state index in [-0.39, 0.29) is 11.9 Å². The Morgan fingerprint density at radius 2 is 2.11 bits per heavy atom. The van der Waals surface area contributed by atoms with E-state index < -0.39 is 0 Å². The van der Waals surface area contributed by atoms with Crippen LogP contribution < -0.4 is 10.6 Å². The molecule has 0 aromatic heterocycles. The summed E-state index contributed by atoms with van der Waals surface area (Å²) in [6, 6.07) is 6.82. The molecule has 0 saturated carbocycles. The van der Waals surface area contributed by atoms with Gasteiger partial charge in [-0.25, -0.2) is 4.39 Å². The van der Waals surface area contributed by atoms with Crippen molar-refractivity contribution in [3.05, 3.63) is 30.1 Å². The lowest BCUT2D eigenvalue weighted by molar-refractivity contribution is 0.0447. The highest BCUT2D eigenvalue weighted by molar-refractivity contribution is 5.46. The van der Waals surface area contributed by atoms with E-state index in [0.717, 1.165) is 38.4 Å². The maximum Gasteiger partial charge on any atom is 0.123 e. The number of benzene rings is 1. The number of ether oxygens (including phenoxy) is 1. The zero-order valence-corrected chi connectivity index (χ0v) is 10.8. The average Bonchev–Trinajstić information content (AvgIpc) is 2.39. The maximum atomic E-state index is 12.9. The minimum atomic E-state index is -0.201. The van der Waals surface area contributed by atoms with Crippen LogP contribution in [-0.2, 0) is 4.74 Å². The van der Waals surface area contributed by atoms with Crippen LogP contribution in [0.3, 0.4) is 0 Å². The third kappa shape index (κ3) is 3.21. The van der Waals surface area contributed by atoms with Gasteiger partial charge in [-0.05, 0) is 37.6 Å². The normalized spacial score (nSPS) is 23.9. The van der Waals surface area contributed by atoms with Crippen LogP contribution >= 0.6 is 0 Å². The molecular formula is C14H21FN2O. The van der Waals surface area contributed by atoms with E-state index >= 15 is 0 Å². The Bertz CT molecular complexity index is 369. The molecule has 0 spiro atoms. The van der Waals surface area contributed by atoms with Crippen LogP contribution in [0.15, 0.2) is 24.3 Å². The second-order valence-electron chi connectivity index (χ2n) is 4.80. The van der Waals surface area contributed by atoms with Crippen molar-refractivity contribution >= 4 is 5.69 Å². The predicted octanol–water partition coefficient (Wildman–Crippen LogP) is 2.02. The molecule has 0 bridgehead atoms. The topological polar surface area (TPSA) is 38.5 Å². The highest BCUT2D eigenvalue weighted by Gasteiger charge is 2.24. The number of halogens is 1. The Morgan fingerprint density at radius 1 is 1.39 bits per heavy atom. The molecule has 1 aliphatic rings. The van der Waals surface area contributed by atoms with E-state index in [2.05, 4.69) is 11.8 Å². The number of nitrogens with two attached hydrogens (primary N) is 1. The van der Waals surface area contributed by atoms with Crippen molar-refractivity contribution in [2.24, 2.45) is 11.7 Å². The fraction of sp³-hybridized carbons (Fsp3) is 0.571. The van der Waals surface area contributed by atoms with Crippen LogP contribution in [0.5, 0.6) is 0 Å². The first-order chi connectivity index (χ1) is 8.70. The lowest BCUT2D eigenvalue weighted by atomic mass is 9.96. The van der Waals surface area contributed by atoms with Gasteiger partial charge in [-0.1, -0.05) is 0 Å². The van der Waals surface area contributed by atoms with Gasteiger partial charge in [-0.2, -0.15) is 0 Å². The summed E-state index contributed by atoms with van der Waals surface area (Å²) in [4.78, 5) is 2.22. The molecule has 0 aliphatic carbocycles. The van der Waals surface area contributed by atoms with Crippen molar-refractivity contribution < 1.29 is 9.13 Å². The summed E-state index contributed by atoms with van der Waals surface area (Å²) in [6.07, 6.45) is 0.922.